The second-order valence-corrected chi connectivity index (χ2v) is 32.2. The van der Waals surface area contributed by atoms with Crippen LogP contribution in [0, 0.1) is 5.92 Å². The van der Waals surface area contributed by atoms with Gasteiger partial charge in [-0.3, -0.25) is 67.5 Å². The SMILES string of the molecule is C.CC(=O)[C@]1(O)Cc2c(O)c3c(c(O)c2[C@@H](O[C@H]2C[C@H](NC(=O)[C@@H]4CCCN4C(=O)[C@@H](C)NC(=O)c4ccncc4)[C@H](C)[C@H](C)O2)C1)C(=O)c1ccccc1C3=O.CCC(=O)[C@]1(O)Cc2c(O)c3c(c(O)c2[C@@H](CC2CC(NC(=O)[C@@H]4CC(F)(F)CN4C(=O)CNC(=O)c4ccnc5ccccc45)C(O)C(C)O2)C1)C(=O)c1c(OC)cccc1C3=O. The number of hydrogen-bond donors (Lipinski definition) is 11. The van der Waals surface area contributed by atoms with Crippen molar-refractivity contribution in [2.75, 3.05) is 26.7 Å². The predicted molar refractivity (Wildman–Crippen MR) is 425 cm³/mol. The number of ketones is 6. The molecule has 8 aliphatic rings. The third-order valence-electron chi connectivity index (χ3n) is 24.7. The fourth-order valence-electron chi connectivity index (χ4n) is 18.3. The standard InChI is InChI=1S/C46H46F2N4O12.C41H44N4O11.CH4/c1-4-32(53)45(62)16-22(34-27(17-45)40(57)36-37(41(34)58)42(59)35-26(39(36)56)9-7-11-31(35)63-3)14-23-15-29(38(55)21(2)64-23)51-44(61)30-18-46(47,48)20-52(30)33(54)19-50-43(60)25-12-13-49-28-10-6-5-8-24(25)28;1-19-21(3)55-30(16-27(19)44-39(52)28-10-7-15-45(28)40(53)20(2)43-38(51)23-11-13-42-14-12-23)56-29-18-41(54,22(4)46)17-26-31(29)37(50)33-32(36(26)49)34(47)24-8-5-6-9-25(24)35(33)48;/h5-13,21-23,29-30,38,55,57-58,62H,4,14-20H2,1-3H3,(H,50,60)(H,51,61);5-6,8-9,11-14,19-21,27-30,49-50,54H,7,10,15-18H2,1-4H3,(H,43,51)(H,44,52);1H4/t21?,22-,23?,29?,30-,38?,45+;19-,20-,21+,27+,28+,29+,30+,41+;/m01./s1. The molecule has 5 aromatic carbocycles. The van der Waals surface area contributed by atoms with E-state index in [1.54, 1.807) is 50.2 Å². The zero-order chi connectivity index (χ0) is 86.2. The zero-order valence-corrected chi connectivity index (χ0v) is 66.4. The number of carbonyl (C=O) groups is 12. The number of Topliss-reactive ketones (excluding diaryl/α,β-unsaturated/α-hetero) is 2. The molecule has 15 atom stereocenters. The van der Waals surface area contributed by atoms with E-state index in [0.29, 0.717) is 40.8 Å². The van der Waals surface area contributed by atoms with Crippen LogP contribution < -0.4 is 26.0 Å². The van der Waals surface area contributed by atoms with E-state index in [2.05, 4.69) is 31.2 Å². The van der Waals surface area contributed by atoms with E-state index in [9.17, 15) is 102 Å². The van der Waals surface area contributed by atoms with Gasteiger partial charge < -0.3 is 85.8 Å². The smallest absolute Gasteiger partial charge is 0.267 e. The van der Waals surface area contributed by atoms with Gasteiger partial charge in [-0.1, -0.05) is 75.9 Å². The summed E-state index contributed by atoms with van der Waals surface area (Å²) in [5.41, 5.74) is -5.23. The van der Waals surface area contributed by atoms with Crippen molar-refractivity contribution in [2.24, 2.45) is 5.92 Å². The quantitative estimate of drug-likeness (QED) is 0.0406. The number of pyridine rings is 2. The van der Waals surface area contributed by atoms with Crippen LogP contribution in [-0.2, 0) is 55.8 Å². The Morgan fingerprint density at radius 1 is 0.661 bits per heavy atom. The van der Waals surface area contributed by atoms with Crippen LogP contribution in [-0.4, -0.2) is 230 Å². The first kappa shape index (κ1) is 87.0. The number of methoxy groups -OCH3 is 1. The molecular formula is C88H94F2N8O23. The van der Waals surface area contributed by atoms with Gasteiger partial charge in [0.25, 0.3) is 17.7 Å². The molecule has 6 amide bonds. The molecule has 15 rings (SSSR count). The molecule has 121 heavy (non-hydrogen) atoms. The number of ether oxygens (including phenoxy) is 4. The van der Waals surface area contributed by atoms with Crippen LogP contribution in [0.25, 0.3) is 10.9 Å². The maximum absolute atomic E-state index is 15.0. The normalized spacial score (nSPS) is 26.3. The summed E-state index contributed by atoms with van der Waals surface area (Å²) in [4.78, 5) is 172. The molecule has 4 unspecified atom stereocenters. The number of benzene rings is 5. The van der Waals surface area contributed by atoms with Crippen molar-refractivity contribution in [3.8, 4) is 28.7 Å². The minimum Gasteiger partial charge on any atom is -0.507 e. The minimum atomic E-state index is -3.46. The number of amides is 6. The van der Waals surface area contributed by atoms with E-state index in [1.165, 1.54) is 99.9 Å². The molecule has 11 N–H and O–H groups in total. The first-order valence-electron chi connectivity index (χ1n) is 39.7. The van der Waals surface area contributed by atoms with Crippen LogP contribution in [0.3, 0.4) is 0 Å². The van der Waals surface area contributed by atoms with Gasteiger partial charge in [-0.15, -0.1) is 0 Å². The predicted octanol–water partition coefficient (Wildman–Crippen LogP) is 6.54. The number of aromatic nitrogens is 2. The van der Waals surface area contributed by atoms with Gasteiger partial charge in [0.15, 0.2) is 35.2 Å². The van der Waals surface area contributed by atoms with Crippen LogP contribution >= 0.6 is 0 Å². The highest BCUT2D eigenvalue weighted by Crippen LogP contribution is 2.56. The summed E-state index contributed by atoms with van der Waals surface area (Å²) in [6.07, 6.45) is -3.71. The lowest BCUT2D eigenvalue weighted by Crippen LogP contribution is -2.58. The molecule has 31 nitrogen and oxygen atoms in total. The Morgan fingerprint density at radius 3 is 1.93 bits per heavy atom. The molecule has 4 fully saturated rings. The molecule has 2 aromatic heterocycles. The van der Waals surface area contributed by atoms with E-state index in [1.807, 2.05) is 6.92 Å². The molecule has 6 heterocycles. The maximum atomic E-state index is 15.0. The van der Waals surface area contributed by atoms with Crippen molar-refractivity contribution in [2.45, 2.75) is 210 Å². The molecule has 0 spiro atoms. The number of aliphatic hydroxyl groups excluding tert-OH is 1. The first-order chi connectivity index (χ1) is 57.0. The molecule has 4 saturated heterocycles. The third kappa shape index (κ3) is 16.1. The number of aliphatic hydroxyl groups is 3. The summed E-state index contributed by atoms with van der Waals surface area (Å²) < 4.78 is 54.0. The number of alkyl halides is 2. The summed E-state index contributed by atoms with van der Waals surface area (Å²) in [5.74, 6) is -15.2. The monoisotopic (exact) mass is 1670 g/mol. The molecule has 0 radical (unpaired) electrons. The first-order valence-corrected chi connectivity index (χ1v) is 39.7. The Balaban J connectivity index is 0.000000209. The molecular weight excluding hydrogens is 1570 g/mol. The number of likely N-dealkylation sites (tertiary alicyclic amines) is 2. The Bertz CT molecular complexity index is 5430. The summed E-state index contributed by atoms with van der Waals surface area (Å²) in [6, 6.07) is 16.7. The number of hydrogen-bond acceptors (Lipinski definition) is 25. The van der Waals surface area contributed by atoms with Gasteiger partial charge in [-0.05, 0) is 96.0 Å². The van der Waals surface area contributed by atoms with Crippen LogP contribution in [0.15, 0.2) is 104 Å². The molecule has 7 aromatic rings. The third-order valence-corrected chi connectivity index (χ3v) is 24.7. The number of para-hydroxylation sites is 1. The van der Waals surface area contributed by atoms with Crippen molar-refractivity contribution < 1.29 is 121 Å². The molecule has 4 aliphatic heterocycles. The van der Waals surface area contributed by atoms with Crippen LogP contribution in [0.4, 0.5) is 8.78 Å². The number of phenolic OH excluding ortho intramolecular Hbond substituents is 4. The second-order valence-electron chi connectivity index (χ2n) is 32.2. The second kappa shape index (κ2) is 34.0. The van der Waals surface area contributed by atoms with Crippen LogP contribution in [0.5, 0.6) is 28.7 Å². The summed E-state index contributed by atoms with van der Waals surface area (Å²) in [7, 11) is 1.31. The van der Waals surface area contributed by atoms with Gasteiger partial charge in [-0.2, -0.15) is 0 Å². The highest BCUT2D eigenvalue weighted by atomic mass is 19.3. The van der Waals surface area contributed by atoms with Gasteiger partial charge >= 0.3 is 0 Å². The van der Waals surface area contributed by atoms with E-state index < -0.39 is 232 Å². The number of aromatic hydroxyl groups is 4. The van der Waals surface area contributed by atoms with Crippen molar-refractivity contribution in [3.63, 3.8) is 0 Å². The maximum Gasteiger partial charge on any atom is 0.267 e. The lowest BCUT2D eigenvalue weighted by Gasteiger charge is -2.43. The molecule has 0 bridgehead atoms. The fourth-order valence-corrected chi connectivity index (χ4v) is 18.3. The van der Waals surface area contributed by atoms with Gasteiger partial charge in [0.05, 0.1) is 89.6 Å². The van der Waals surface area contributed by atoms with Crippen molar-refractivity contribution in [1.29, 1.82) is 0 Å². The average molecular weight is 1670 g/mol. The highest BCUT2D eigenvalue weighted by molar-refractivity contribution is 6.32. The lowest BCUT2D eigenvalue weighted by molar-refractivity contribution is -0.238. The molecule has 638 valence electrons. The summed E-state index contributed by atoms with van der Waals surface area (Å²) in [5, 5.41) is 93.0. The number of carbonyl (C=O) groups excluding carboxylic acids is 12. The van der Waals surface area contributed by atoms with E-state index in [-0.39, 0.29) is 114 Å². The summed E-state index contributed by atoms with van der Waals surface area (Å²) >= 11 is 0. The largest absolute Gasteiger partial charge is 0.507 e. The van der Waals surface area contributed by atoms with Gasteiger partial charge in [-0.25, -0.2) is 8.78 Å². The Kier molecular flexibility index (Phi) is 24.4. The topological polar surface area (TPSA) is 464 Å². The Hall–Kier alpha value is -11.9. The van der Waals surface area contributed by atoms with Crippen LogP contribution in [0.1, 0.15) is 225 Å². The molecule has 4 aliphatic carbocycles. The Morgan fingerprint density at radius 2 is 1.26 bits per heavy atom. The van der Waals surface area contributed by atoms with E-state index in [0.717, 1.165) is 0 Å². The fraction of sp³-hybridized carbons (Fsp3) is 0.432. The number of rotatable bonds is 18. The molecule has 0 saturated carbocycles. The minimum absolute atomic E-state index is 0. The zero-order valence-electron chi connectivity index (χ0n) is 66.4. The number of halogens is 2. The van der Waals surface area contributed by atoms with E-state index >= 15 is 0 Å². The number of fused-ring (bicyclic) bond motifs is 7. The van der Waals surface area contributed by atoms with Crippen LogP contribution in [0.2, 0.25) is 0 Å². The Labute approximate surface area is 692 Å². The highest BCUT2D eigenvalue weighted by Gasteiger charge is 2.55. The van der Waals surface area contributed by atoms with Crippen molar-refractivity contribution >= 4 is 81.0 Å². The van der Waals surface area contributed by atoms with Gasteiger partial charge in [0.2, 0.25) is 29.4 Å². The van der Waals surface area contributed by atoms with Gasteiger partial charge in [0, 0.05) is 126 Å². The lowest BCUT2D eigenvalue weighted by atomic mass is 9.67. The average Bonchev–Trinajstić information content (AvgIpc) is 1.01. The molecule has 33 heteroatoms. The number of nitrogens with zero attached hydrogens (tertiary/aromatic N) is 4. The number of nitrogens with one attached hydrogen (secondary N) is 4. The van der Waals surface area contributed by atoms with Gasteiger partial charge in [0.1, 0.15) is 64.2 Å². The number of phenols is 4. The van der Waals surface area contributed by atoms with E-state index in [4.69, 9.17) is 18.9 Å². The van der Waals surface area contributed by atoms with Crippen molar-refractivity contribution in [1.82, 2.24) is 41.0 Å². The summed E-state index contributed by atoms with van der Waals surface area (Å²) in [6.45, 7) is 8.01. The van der Waals surface area contributed by atoms with Crippen molar-refractivity contribution in [3.05, 3.63) is 181 Å².